The summed E-state index contributed by atoms with van der Waals surface area (Å²) < 4.78 is 46.7. The van der Waals surface area contributed by atoms with Gasteiger partial charge in [0.15, 0.2) is 0 Å². The lowest BCUT2D eigenvalue weighted by molar-refractivity contribution is -0.124. The fourth-order valence-electron chi connectivity index (χ4n) is 3.82. The van der Waals surface area contributed by atoms with Crippen molar-refractivity contribution in [2.24, 2.45) is 11.8 Å². The Bertz CT molecular complexity index is 1010. The van der Waals surface area contributed by atoms with Gasteiger partial charge in [0.25, 0.3) is 0 Å². The number of ether oxygens (including phenoxy) is 1. The molecule has 6 nitrogen and oxygen atoms in total. The topological polar surface area (TPSA) is 75.7 Å². The van der Waals surface area contributed by atoms with E-state index >= 15 is 0 Å². The molecule has 2 atom stereocenters. The minimum atomic E-state index is -3.81. The zero-order valence-electron chi connectivity index (χ0n) is 18.0. The molecule has 0 spiro atoms. The van der Waals surface area contributed by atoms with Gasteiger partial charge in [-0.05, 0) is 54.3 Å². The van der Waals surface area contributed by atoms with Crippen molar-refractivity contribution in [2.45, 2.75) is 31.1 Å². The van der Waals surface area contributed by atoms with E-state index in [-0.39, 0.29) is 23.9 Å². The summed E-state index contributed by atoms with van der Waals surface area (Å²) in [5, 5.41) is 2.93. The number of halogens is 1. The number of amides is 1. The highest BCUT2D eigenvalue weighted by molar-refractivity contribution is 7.89. The molecule has 0 aromatic heterocycles. The Morgan fingerprint density at radius 1 is 1.19 bits per heavy atom. The van der Waals surface area contributed by atoms with Crippen molar-refractivity contribution in [3.63, 3.8) is 0 Å². The second-order valence-corrected chi connectivity index (χ2v) is 10.2. The van der Waals surface area contributed by atoms with Gasteiger partial charge >= 0.3 is 0 Å². The highest BCUT2D eigenvalue weighted by Crippen LogP contribution is 2.36. The lowest BCUT2D eigenvalue weighted by Crippen LogP contribution is -2.36. The van der Waals surface area contributed by atoms with Crippen LogP contribution in [0.3, 0.4) is 0 Å². The van der Waals surface area contributed by atoms with Gasteiger partial charge in [-0.15, -0.1) is 0 Å². The molecule has 8 heteroatoms. The number of hydrogen-bond donors (Lipinski definition) is 1. The molecule has 1 heterocycles. The molecule has 2 aromatic carbocycles. The Morgan fingerprint density at radius 2 is 1.90 bits per heavy atom. The molecular formula is C23H29FN2O4S. The van der Waals surface area contributed by atoms with Crippen LogP contribution in [0.4, 0.5) is 4.39 Å². The first-order valence-corrected chi connectivity index (χ1v) is 11.8. The number of nitrogens with one attached hydrogen (secondary N) is 1. The van der Waals surface area contributed by atoms with E-state index in [4.69, 9.17) is 4.74 Å². The minimum Gasteiger partial charge on any atom is -0.497 e. The van der Waals surface area contributed by atoms with E-state index < -0.39 is 27.7 Å². The summed E-state index contributed by atoms with van der Waals surface area (Å²) in [7, 11) is -2.30. The Labute approximate surface area is 183 Å². The zero-order chi connectivity index (χ0) is 22.6. The van der Waals surface area contributed by atoms with Gasteiger partial charge in [-0.3, -0.25) is 4.79 Å². The number of sulfonamides is 1. The Hall–Kier alpha value is -2.45. The monoisotopic (exact) mass is 448 g/mol. The number of carbonyl (C=O) groups excluding carboxylic acids is 1. The summed E-state index contributed by atoms with van der Waals surface area (Å²) in [4.78, 5) is 13.1. The molecule has 1 fully saturated rings. The van der Waals surface area contributed by atoms with E-state index in [9.17, 15) is 17.6 Å². The highest BCUT2D eigenvalue weighted by atomic mass is 32.2. The Morgan fingerprint density at radius 3 is 2.52 bits per heavy atom. The summed E-state index contributed by atoms with van der Waals surface area (Å²) >= 11 is 0. The molecule has 2 unspecified atom stereocenters. The molecule has 0 saturated carbocycles. The summed E-state index contributed by atoms with van der Waals surface area (Å²) in [6, 6.07) is 12.2. The minimum absolute atomic E-state index is 0.0447. The first-order valence-electron chi connectivity index (χ1n) is 10.4. The summed E-state index contributed by atoms with van der Waals surface area (Å²) in [6.07, 6.45) is 0.830. The summed E-state index contributed by atoms with van der Waals surface area (Å²) in [5.74, 6) is -0.643. The van der Waals surface area contributed by atoms with Gasteiger partial charge in [-0.25, -0.2) is 12.8 Å². The third kappa shape index (κ3) is 5.43. The molecule has 31 heavy (non-hydrogen) atoms. The predicted octanol–water partition coefficient (Wildman–Crippen LogP) is 3.40. The number of carbonyl (C=O) groups is 1. The average molecular weight is 449 g/mol. The number of nitrogens with zero attached hydrogens (tertiary/aromatic N) is 1. The van der Waals surface area contributed by atoms with Crippen LogP contribution < -0.4 is 10.1 Å². The van der Waals surface area contributed by atoms with Gasteiger partial charge in [0.2, 0.25) is 15.9 Å². The van der Waals surface area contributed by atoms with Gasteiger partial charge < -0.3 is 10.1 Å². The van der Waals surface area contributed by atoms with Crippen molar-refractivity contribution < 1.29 is 22.3 Å². The van der Waals surface area contributed by atoms with E-state index in [0.29, 0.717) is 23.8 Å². The lowest BCUT2D eigenvalue weighted by atomic mass is 9.88. The molecule has 0 bridgehead atoms. The smallest absolute Gasteiger partial charge is 0.243 e. The first-order chi connectivity index (χ1) is 14.7. The number of benzene rings is 2. The van der Waals surface area contributed by atoms with E-state index in [0.717, 1.165) is 6.42 Å². The summed E-state index contributed by atoms with van der Waals surface area (Å²) in [5.41, 5.74) is 0.622. The van der Waals surface area contributed by atoms with Crippen LogP contribution in [0, 0.1) is 17.7 Å². The van der Waals surface area contributed by atoms with Crippen molar-refractivity contribution in [1.29, 1.82) is 0 Å². The maximum atomic E-state index is 13.9. The molecule has 0 radical (unpaired) electrons. The van der Waals surface area contributed by atoms with Crippen molar-refractivity contribution in [1.82, 2.24) is 9.62 Å². The number of methoxy groups -OCH3 is 1. The third-order valence-electron chi connectivity index (χ3n) is 5.62. The van der Waals surface area contributed by atoms with E-state index in [1.807, 2.05) is 0 Å². The molecule has 1 aliphatic heterocycles. The Balaban J connectivity index is 1.86. The standard InChI is InChI=1S/C23H29FN2O4S/c1-16(2)11-12-25-23(27)22-15-26(14-21(22)17-5-4-6-18(24)13-17)31(28,29)20-9-7-19(30-3)8-10-20/h4-10,13,16,21-22H,11-12,14-15H2,1-3H3,(H,25,27). The van der Waals surface area contributed by atoms with Gasteiger partial charge in [0.05, 0.1) is 17.9 Å². The SMILES string of the molecule is COc1ccc(S(=O)(=O)N2CC(C(=O)NCCC(C)C)C(c3cccc(F)c3)C2)cc1. The third-order valence-corrected chi connectivity index (χ3v) is 7.46. The largest absolute Gasteiger partial charge is 0.497 e. The Kier molecular flexibility index (Phi) is 7.33. The van der Waals surface area contributed by atoms with Crippen LogP contribution in [0.5, 0.6) is 5.75 Å². The highest BCUT2D eigenvalue weighted by Gasteiger charge is 2.43. The van der Waals surface area contributed by atoms with Crippen LogP contribution in [0.2, 0.25) is 0 Å². The second-order valence-electron chi connectivity index (χ2n) is 8.24. The van der Waals surface area contributed by atoms with Gasteiger partial charge in [0.1, 0.15) is 11.6 Å². The van der Waals surface area contributed by atoms with Crippen molar-refractivity contribution in [2.75, 3.05) is 26.7 Å². The van der Waals surface area contributed by atoms with Crippen LogP contribution in [0.15, 0.2) is 53.4 Å². The lowest BCUT2D eigenvalue weighted by Gasteiger charge is -2.18. The molecule has 1 aliphatic rings. The van der Waals surface area contributed by atoms with Crippen molar-refractivity contribution in [3.05, 3.63) is 59.9 Å². The molecule has 2 aromatic rings. The first kappa shape index (κ1) is 23.2. The molecular weight excluding hydrogens is 419 g/mol. The maximum Gasteiger partial charge on any atom is 0.243 e. The van der Waals surface area contributed by atoms with Gasteiger partial charge in [-0.2, -0.15) is 4.31 Å². The van der Waals surface area contributed by atoms with Crippen LogP contribution in [0.1, 0.15) is 31.7 Å². The fourth-order valence-corrected chi connectivity index (χ4v) is 5.31. The zero-order valence-corrected chi connectivity index (χ0v) is 18.9. The normalized spacial score (nSPS) is 19.5. The number of rotatable bonds is 8. The second kappa shape index (κ2) is 9.78. The molecule has 1 amide bonds. The average Bonchev–Trinajstić information content (AvgIpc) is 3.20. The fraction of sp³-hybridized carbons (Fsp3) is 0.435. The maximum absolute atomic E-state index is 13.9. The molecule has 168 valence electrons. The number of hydrogen-bond acceptors (Lipinski definition) is 4. The van der Waals surface area contributed by atoms with Crippen molar-refractivity contribution in [3.8, 4) is 5.75 Å². The van der Waals surface area contributed by atoms with Gasteiger partial charge in [-0.1, -0.05) is 26.0 Å². The van der Waals surface area contributed by atoms with Crippen LogP contribution >= 0.6 is 0 Å². The predicted molar refractivity (Wildman–Crippen MR) is 117 cm³/mol. The van der Waals surface area contributed by atoms with E-state index in [1.165, 1.54) is 35.7 Å². The van der Waals surface area contributed by atoms with Crippen LogP contribution in [0.25, 0.3) is 0 Å². The van der Waals surface area contributed by atoms with E-state index in [2.05, 4.69) is 19.2 Å². The van der Waals surface area contributed by atoms with Crippen LogP contribution in [-0.2, 0) is 14.8 Å². The molecule has 0 aliphatic carbocycles. The molecule has 1 N–H and O–H groups in total. The quantitative estimate of drug-likeness (QED) is 0.672. The van der Waals surface area contributed by atoms with Gasteiger partial charge in [0, 0.05) is 25.6 Å². The molecule has 3 rings (SSSR count). The van der Waals surface area contributed by atoms with Crippen molar-refractivity contribution >= 4 is 15.9 Å². The van der Waals surface area contributed by atoms with Crippen LogP contribution in [-0.4, -0.2) is 45.4 Å². The summed E-state index contributed by atoms with van der Waals surface area (Å²) in [6.45, 7) is 4.82. The van der Waals surface area contributed by atoms with E-state index in [1.54, 1.807) is 24.3 Å². The molecule has 1 saturated heterocycles.